The Morgan fingerprint density at radius 2 is 1.71 bits per heavy atom. The normalized spacial score (nSPS) is 22.9. The van der Waals surface area contributed by atoms with Gasteiger partial charge in [-0.15, -0.1) is 5.01 Å². The van der Waals surface area contributed by atoms with Crippen molar-refractivity contribution in [2.24, 2.45) is 11.8 Å². The number of hydroxylamine groups is 2. The number of likely N-dealkylation sites (tertiary alicyclic amines) is 1. The molecule has 4 aliphatic rings. The molecule has 4 N–H and O–H groups in total. The number of rotatable bonds is 9. The Hall–Kier alpha value is -6.57. The van der Waals surface area contributed by atoms with E-state index in [2.05, 4.69) is 27.1 Å². The second-order valence-electron chi connectivity index (χ2n) is 17.9. The molecule has 3 aliphatic heterocycles. The highest BCUT2D eigenvalue weighted by atomic mass is 16.7. The van der Waals surface area contributed by atoms with Crippen LogP contribution in [0.2, 0.25) is 0 Å². The summed E-state index contributed by atoms with van der Waals surface area (Å²) in [7, 11) is 1.28. The fourth-order valence-electron chi connectivity index (χ4n) is 10.9. The van der Waals surface area contributed by atoms with Gasteiger partial charge in [0.15, 0.2) is 0 Å². The molecule has 1 aliphatic carbocycles. The number of ether oxygens (including phenoxy) is 2. The Labute approximate surface area is 376 Å². The smallest absolute Gasteiger partial charge is 0.407 e. The topological polar surface area (TPSA) is 189 Å². The molecule has 0 spiro atoms. The van der Waals surface area contributed by atoms with Gasteiger partial charge in [-0.2, -0.15) is 5.21 Å². The number of carbonyl (C=O) groups excluding carboxylic acids is 3. The highest BCUT2D eigenvalue weighted by Crippen LogP contribution is 2.53. The molecule has 15 nitrogen and oxygen atoms in total. The van der Waals surface area contributed by atoms with Gasteiger partial charge in [-0.05, 0) is 105 Å². The molecule has 7 atom stereocenters. The summed E-state index contributed by atoms with van der Waals surface area (Å²) >= 11 is 0. The van der Waals surface area contributed by atoms with Crippen molar-refractivity contribution in [3.63, 3.8) is 0 Å². The molecule has 4 fully saturated rings. The van der Waals surface area contributed by atoms with Crippen LogP contribution in [0.25, 0.3) is 33.1 Å². The van der Waals surface area contributed by atoms with Gasteiger partial charge in [0.05, 0.1) is 42.1 Å². The van der Waals surface area contributed by atoms with E-state index in [1.807, 2.05) is 91.9 Å². The Balaban J connectivity index is 0.846. The molecule has 3 saturated heterocycles. The molecule has 1 saturated carbocycles. The number of carboxylic acid groups (broad SMARTS) is 1. The van der Waals surface area contributed by atoms with Gasteiger partial charge in [0.25, 0.3) is 5.91 Å². The number of hydrogen-bond donors (Lipinski definition) is 4. The minimum Gasteiger partial charge on any atom is -0.494 e. The third-order valence-corrected chi connectivity index (χ3v) is 14.3. The minimum atomic E-state index is -1.51. The number of piperidine rings is 1. The molecule has 4 unspecified atom stereocenters. The van der Waals surface area contributed by atoms with Crippen molar-refractivity contribution in [3.8, 4) is 23.1 Å². The van der Waals surface area contributed by atoms with Crippen molar-refractivity contribution in [1.82, 2.24) is 35.2 Å². The van der Waals surface area contributed by atoms with Crippen LogP contribution in [-0.2, 0) is 14.3 Å². The Bertz CT molecular complexity index is 2810. The number of carbonyl (C=O) groups is 3. The first-order valence-electron chi connectivity index (χ1n) is 22.6. The van der Waals surface area contributed by atoms with Crippen LogP contribution in [-0.4, -0.2) is 96.9 Å². The van der Waals surface area contributed by atoms with E-state index < -0.39 is 35.1 Å². The molecule has 2 aromatic heterocycles. The van der Waals surface area contributed by atoms with E-state index >= 15 is 0 Å². The van der Waals surface area contributed by atoms with E-state index in [-0.39, 0.29) is 29.8 Å². The summed E-state index contributed by atoms with van der Waals surface area (Å²) in [6, 6.07) is 24.9. The van der Waals surface area contributed by atoms with Crippen molar-refractivity contribution >= 4 is 39.9 Å². The summed E-state index contributed by atoms with van der Waals surface area (Å²) < 4.78 is 9.13. The summed E-state index contributed by atoms with van der Waals surface area (Å²) in [5, 5.41) is 31.5. The number of alkyl carbamates (subject to hydrolysis) is 1. The third kappa shape index (κ3) is 7.80. The van der Waals surface area contributed by atoms with Crippen LogP contribution >= 0.6 is 0 Å². The van der Waals surface area contributed by atoms with Gasteiger partial charge in [0.1, 0.15) is 29.8 Å². The van der Waals surface area contributed by atoms with Crippen LogP contribution in [0.1, 0.15) is 98.3 Å². The Morgan fingerprint density at radius 1 is 0.938 bits per heavy atom. The zero-order valence-corrected chi connectivity index (χ0v) is 36.4. The molecule has 2 bridgehead atoms. The first-order valence-corrected chi connectivity index (χ1v) is 22.6. The zero-order valence-electron chi connectivity index (χ0n) is 36.4. The van der Waals surface area contributed by atoms with Crippen LogP contribution in [0.3, 0.4) is 0 Å². The van der Waals surface area contributed by atoms with Gasteiger partial charge in [-0.25, -0.2) is 14.8 Å². The average Bonchev–Trinajstić information content (AvgIpc) is 4.21. The zero-order chi connectivity index (χ0) is 44.8. The van der Waals surface area contributed by atoms with Gasteiger partial charge in [0, 0.05) is 42.2 Å². The van der Waals surface area contributed by atoms with E-state index in [0.717, 1.165) is 76.3 Å². The first kappa shape index (κ1) is 42.4. The van der Waals surface area contributed by atoms with Crippen LogP contribution in [0.4, 0.5) is 9.59 Å². The predicted octanol–water partition coefficient (Wildman–Crippen LogP) is 7.07. The average molecular weight is 877 g/mol. The van der Waals surface area contributed by atoms with E-state index in [1.165, 1.54) is 7.11 Å². The third-order valence-electron chi connectivity index (χ3n) is 14.3. The standard InChI is InChI=1S/C50H52N8O7/c1-30(33-22-25-65-26-23-33)58(63,50(61)62)57-38-19-17-37(28-38)45(57)47-52-40-21-18-36-27-32(14-20-39(36)44(40)54-47)11-10-31-12-15-34(16-13-31)41-29-51-46(53-41)42-9-6-24-56(42)48(59)43(55-49(60)64-2)35-7-4-3-5-8-35/h3-5,7-8,12-16,18,20-21,27,29-30,33,37-38,42-43,45,63H,6,9,17,19,22-26,28H2,1-2H3,(H3-,51,52,53,54,55,60,61,62)/t30?,37-,38+,42?,43?,45-,58?/m0/s1. The number of aromatic amines is 2. The van der Waals surface area contributed by atoms with Crippen LogP contribution in [0, 0.1) is 23.7 Å². The lowest BCUT2D eigenvalue weighted by atomic mass is 9.92. The Kier molecular flexibility index (Phi) is 11.4. The van der Waals surface area contributed by atoms with Gasteiger partial charge < -0.3 is 39.6 Å². The molecular formula is C50H52N8O7. The monoisotopic (exact) mass is 876 g/mol. The van der Waals surface area contributed by atoms with Crippen molar-refractivity contribution in [2.45, 2.75) is 82.1 Å². The van der Waals surface area contributed by atoms with Gasteiger partial charge in [-0.1, -0.05) is 71.2 Å². The van der Waals surface area contributed by atoms with E-state index in [1.54, 1.807) is 16.1 Å². The number of methoxy groups -OCH3 is 1. The molecule has 334 valence electrons. The number of nitrogens with zero attached hydrogens (tertiary/aromatic N) is 5. The van der Waals surface area contributed by atoms with Crippen molar-refractivity contribution in [3.05, 3.63) is 119 Å². The van der Waals surface area contributed by atoms with Crippen LogP contribution < -0.4 is 10.4 Å². The van der Waals surface area contributed by atoms with E-state index in [9.17, 15) is 24.7 Å². The van der Waals surface area contributed by atoms with Gasteiger partial charge in [0.2, 0.25) is 0 Å². The molecule has 5 heterocycles. The second-order valence-corrected chi connectivity index (χ2v) is 17.9. The number of H-pyrrole nitrogens is 2. The van der Waals surface area contributed by atoms with Crippen molar-refractivity contribution in [2.75, 3.05) is 26.9 Å². The summed E-state index contributed by atoms with van der Waals surface area (Å²) in [6.07, 6.45) is 5.08. The van der Waals surface area contributed by atoms with Crippen LogP contribution in [0.15, 0.2) is 91.1 Å². The fourth-order valence-corrected chi connectivity index (χ4v) is 10.9. The maximum absolute atomic E-state index is 13.9. The molecule has 15 heteroatoms. The molecule has 10 rings (SSSR count). The largest absolute Gasteiger partial charge is 0.494 e. The Morgan fingerprint density at radius 3 is 2.48 bits per heavy atom. The highest BCUT2D eigenvalue weighted by molar-refractivity contribution is 6.04. The molecule has 4 aromatic carbocycles. The van der Waals surface area contributed by atoms with Gasteiger partial charge >= 0.3 is 12.2 Å². The number of benzene rings is 4. The predicted molar refractivity (Wildman–Crippen MR) is 238 cm³/mol. The number of nitrogens with one attached hydrogen (secondary N) is 3. The van der Waals surface area contributed by atoms with Gasteiger partial charge in [-0.3, -0.25) is 4.79 Å². The lowest BCUT2D eigenvalue weighted by Gasteiger charge is -2.48. The summed E-state index contributed by atoms with van der Waals surface area (Å²) in [5.41, 5.74) is 5.75. The number of quaternary nitrogens is 1. The molecule has 65 heavy (non-hydrogen) atoms. The van der Waals surface area contributed by atoms with E-state index in [4.69, 9.17) is 19.4 Å². The number of aromatic nitrogens is 4. The SMILES string of the molecule is COC(=O)NC(C(=O)N1CCCC1c1ncc(-c2ccc(C#Cc3ccc4c(ccc5[nH]c([C@@H]6[C@H]7CC[C@H](C7)N6[N+](O)(C(=O)[O-])C(C)C6CCOCC6)nc54)c3)cc2)[nH]1)c1ccccc1. The van der Waals surface area contributed by atoms with Crippen LogP contribution in [0.5, 0.6) is 0 Å². The quantitative estimate of drug-likeness (QED) is 0.0506. The maximum Gasteiger partial charge on any atom is 0.407 e. The number of hydrogen-bond acceptors (Lipinski definition) is 10. The van der Waals surface area contributed by atoms with E-state index in [0.29, 0.717) is 49.8 Å². The summed E-state index contributed by atoms with van der Waals surface area (Å²) in [6.45, 7) is 3.46. The first-order chi connectivity index (χ1) is 31.6. The summed E-state index contributed by atoms with van der Waals surface area (Å²) in [4.78, 5) is 57.7. The highest BCUT2D eigenvalue weighted by Gasteiger charge is 2.61. The molecule has 6 aromatic rings. The lowest BCUT2D eigenvalue weighted by molar-refractivity contribution is -1.16. The lowest BCUT2D eigenvalue weighted by Crippen LogP contribution is -2.72. The number of fused-ring (bicyclic) bond motifs is 5. The maximum atomic E-state index is 13.9. The molecule has 3 amide bonds. The van der Waals surface area contributed by atoms with Crippen molar-refractivity contribution in [1.29, 1.82) is 0 Å². The minimum absolute atomic E-state index is 0.0199. The fraction of sp³-hybridized carbons (Fsp3) is 0.380. The number of imidazole rings is 2. The van der Waals surface area contributed by atoms with Crippen molar-refractivity contribution < 1.29 is 38.9 Å². The second kappa shape index (κ2) is 17.4. The number of amides is 3. The molecule has 0 radical (unpaired) electrons. The molecular weight excluding hydrogens is 825 g/mol. The summed E-state index contributed by atoms with van der Waals surface area (Å²) in [5.74, 6) is 7.87.